The van der Waals surface area contributed by atoms with Crippen molar-refractivity contribution in [1.82, 2.24) is 0 Å². The van der Waals surface area contributed by atoms with Crippen LogP contribution in [0.25, 0.3) is 0 Å². The maximum Gasteiger partial charge on any atom is 0.0948 e. The molecule has 0 N–H and O–H groups in total. The Morgan fingerprint density at radius 3 is 2.31 bits per heavy atom. The van der Waals surface area contributed by atoms with Crippen LogP contribution in [0.2, 0.25) is 0 Å². The molecule has 2 aliphatic rings. The third-order valence-electron chi connectivity index (χ3n) is 7.96. The van der Waals surface area contributed by atoms with Gasteiger partial charge in [0.15, 0.2) is 0 Å². The molecule has 1 aliphatic heterocycles. The molecule has 1 saturated carbocycles. The number of rotatable bonds is 7. The Kier molecular flexibility index (Phi) is 5.89. The van der Waals surface area contributed by atoms with Crippen molar-refractivity contribution in [1.29, 1.82) is 0 Å². The quantitative estimate of drug-likeness (QED) is 0.447. The van der Waals surface area contributed by atoms with Crippen molar-refractivity contribution in [2.75, 3.05) is 0 Å². The lowest BCUT2D eigenvalue weighted by Gasteiger charge is -2.34. The Hall–Kier alpha value is -1.60. The zero-order valence-electron chi connectivity index (χ0n) is 18.9. The average molecular weight is 391 g/mol. The maximum atomic E-state index is 6.19. The number of epoxide rings is 1. The predicted molar refractivity (Wildman–Crippen MR) is 123 cm³/mol. The third-order valence-corrected chi connectivity index (χ3v) is 7.96. The molecule has 2 aromatic carbocycles. The van der Waals surface area contributed by atoms with Gasteiger partial charge in [0.05, 0.1) is 11.7 Å². The summed E-state index contributed by atoms with van der Waals surface area (Å²) in [6.07, 6.45) is 11.8. The van der Waals surface area contributed by atoms with Gasteiger partial charge in [0.2, 0.25) is 0 Å². The van der Waals surface area contributed by atoms with E-state index in [-0.39, 0.29) is 11.0 Å². The largest absolute Gasteiger partial charge is 0.366 e. The van der Waals surface area contributed by atoms with Crippen molar-refractivity contribution in [3.63, 3.8) is 0 Å². The molecule has 2 aromatic rings. The molecule has 1 spiro atoms. The van der Waals surface area contributed by atoms with E-state index in [1.807, 2.05) is 0 Å². The summed E-state index contributed by atoms with van der Waals surface area (Å²) in [7, 11) is 0. The van der Waals surface area contributed by atoms with Crippen LogP contribution < -0.4 is 0 Å². The van der Waals surface area contributed by atoms with Crippen molar-refractivity contribution >= 4 is 0 Å². The summed E-state index contributed by atoms with van der Waals surface area (Å²) in [4.78, 5) is 0. The van der Waals surface area contributed by atoms with Crippen LogP contribution in [-0.4, -0.2) is 11.7 Å². The molecule has 0 amide bonds. The number of ether oxygens (including phenoxy) is 1. The Labute approximate surface area is 177 Å². The van der Waals surface area contributed by atoms with Crippen LogP contribution in [0.15, 0.2) is 42.5 Å². The molecular weight excluding hydrogens is 352 g/mol. The minimum Gasteiger partial charge on any atom is -0.366 e. The first-order valence-corrected chi connectivity index (χ1v) is 11.9. The van der Waals surface area contributed by atoms with E-state index in [1.54, 1.807) is 0 Å². The zero-order valence-corrected chi connectivity index (χ0v) is 18.9. The molecule has 0 radical (unpaired) electrons. The van der Waals surface area contributed by atoms with Gasteiger partial charge in [-0.25, -0.2) is 0 Å². The minimum atomic E-state index is 0.112. The SMILES string of the molecule is CCC(CC)(c1cccc(C)c1)c1ccc(CCC2OC23CCCCC3)c(C)c1. The van der Waals surface area contributed by atoms with Crippen LogP contribution in [0, 0.1) is 13.8 Å². The number of aryl methyl sites for hydroxylation is 3. The molecule has 2 fully saturated rings. The van der Waals surface area contributed by atoms with Crippen LogP contribution in [-0.2, 0) is 16.6 Å². The van der Waals surface area contributed by atoms with Crippen molar-refractivity contribution in [3.05, 3.63) is 70.3 Å². The average Bonchev–Trinajstić information content (AvgIpc) is 3.40. The number of hydrogen-bond acceptors (Lipinski definition) is 1. The fraction of sp³-hybridized carbons (Fsp3) is 0.571. The molecule has 1 atom stereocenters. The molecule has 1 aliphatic carbocycles. The smallest absolute Gasteiger partial charge is 0.0948 e. The second kappa shape index (κ2) is 8.26. The molecule has 0 aromatic heterocycles. The van der Waals surface area contributed by atoms with Gasteiger partial charge in [0.25, 0.3) is 0 Å². The maximum absolute atomic E-state index is 6.19. The van der Waals surface area contributed by atoms with E-state index >= 15 is 0 Å². The van der Waals surface area contributed by atoms with E-state index in [2.05, 4.69) is 70.2 Å². The molecule has 4 rings (SSSR count). The van der Waals surface area contributed by atoms with Gasteiger partial charge in [0.1, 0.15) is 0 Å². The molecule has 29 heavy (non-hydrogen) atoms. The van der Waals surface area contributed by atoms with Gasteiger partial charge >= 0.3 is 0 Å². The number of hydrogen-bond donors (Lipinski definition) is 0. The highest BCUT2D eigenvalue weighted by Crippen LogP contribution is 2.50. The first kappa shape index (κ1) is 20.7. The van der Waals surface area contributed by atoms with Crippen molar-refractivity contribution < 1.29 is 4.74 Å². The summed E-state index contributed by atoms with van der Waals surface area (Å²) < 4.78 is 6.19. The summed E-state index contributed by atoms with van der Waals surface area (Å²) >= 11 is 0. The van der Waals surface area contributed by atoms with Gasteiger partial charge in [-0.05, 0) is 74.6 Å². The van der Waals surface area contributed by atoms with Gasteiger partial charge in [-0.1, -0.05) is 81.1 Å². The van der Waals surface area contributed by atoms with E-state index in [0.717, 1.165) is 19.3 Å². The topological polar surface area (TPSA) is 12.5 Å². The Morgan fingerprint density at radius 1 is 0.931 bits per heavy atom. The standard InChI is InChI=1S/C28H38O/c1-5-27(6-2,24-12-10-11-21(3)19-24)25-15-13-23(22(4)20-25)14-16-26-28(29-26)17-8-7-9-18-28/h10-13,15,19-20,26H,5-9,14,16-18H2,1-4H3. The Morgan fingerprint density at radius 2 is 1.66 bits per heavy atom. The van der Waals surface area contributed by atoms with Crippen molar-refractivity contribution in [2.24, 2.45) is 0 Å². The second-order valence-electron chi connectivity index (χ2n) is 9.57. The zero-order chi connectivity index (χ0) is 20.5. The van der Waals surface area contributed by atoms with E-state index in [1.165, 1.54) is 66.3 Å². The molecule has 1 heterocycles. The fourth-order valence-electron chi connectivity index (χ4n) is 5.90. The van der Waals surface area contributed by atoms with E-state index in [9.17, 15) is 0 Å². The molecule has 1 nitrogen and oxygen atoms in total. The lowest BCUT2D eigenvalue weighted by Crippen LogP contribution is -2.26. The highest BCUT2D eigenvalue weighted by molar-refractivity contribution is 5.44. The van der Waals surface area contributed by atoms with Crippen molar-refractivity contribution in [3.8, 4) is 0 Å². The third kappa shape index (κ3) is 3.91. The Balaban J connectivity index is 1.51. The summed E-state index contributed by atoms with van der Waals surface area (Å²) in [6.45, 7) is 9.18. The molecule has 1 heteroatoms. The number of benzene rings is 2. The molecule has 156 valence electrons. The summed E-state index contributed by atoms with van der Waals surface area (Å²) in [6, 6.07) is 16.4. The Bertz CT molecular complexity index is 839. The lowest BCUT2D eigenvalue weighted by atomic mass is 9.70. The summed E-state index contributed by atoms with van der Waals surface area (Å²) in [5.41, 5.74) is 7.61. The van der Waals surface area contributed by atoms with E-state index in [0.29, 0.717) is 6.10 Å². The molecular formula is C28H38O. The van der Waals surface area contributed by atoms with E-state index in [4.69, 9.17) is 4.74 Å². The normalized spacial score (nSPS) is 20.8. The van der Waals surface area contributed by atoms with E-state index < -0.39 is 0 Å². The van der Waals surface area contributed by atoms with Gasteiger partial charge < -0.3 is 4.74 Å². The van der Waals surface area contributed by atoms with Crippen LogP contribution in [0.4, 0.5) is 0 Å². The van der Waals surface area contributed by atoms with Crippen LogP contribution in [0.3, 0.4) is 0 Å². The second-order valence-corrected chi connectivity index (χ2v) is 9.57. The lowest BCUT2D eigenvalue weighted by molar-refractivity contribution is 0.233. The minimum absolute atomic E-state index is 0.112. The van der Waals surface area contributed by atoms with Crippen LogP contribution >= 0.6 is 0 Å². The molecule has 1 saturated heterocycles. The van der Waals surface area contributed by atoms with Crippen molar-refractivity contribution in [2.45, 2.75) is 103 Å². The monoisotopic (exact) mass is 390 g/mol. The van der Waals surface area contributed by atoms with Crippen LogP contribution in [0.5, 0.6) is 0 Å². The molecule has 0 bridgehead atoms. The first-order chi connectivity index (χ1) is 14.0. The van der Waals surface area contributed by atoms with Gasteiger partial charge in [-0.3, -0.25) is 0 Å². The fourth-order valence-corrected chi connectivity index (χ4v) is 5.90. The first-order valence-electron chi connectivity index (χ1n) is 11.9. The summed E-state index contributed by atoms with van der Waals surface area (Å²) in [5.74, 6) is 0. The summed E-state index contributed by atoms with van der Waals surface area (Å²) in [5, 5.41) is 0. The van der Waals surface area contributed by atoms with Crippen LogP contribution in [0.1, 0.15) is 93.0 Å². The highest BCUT2D eigenvalue weighted by atomic mass is 16.6. The predicted octanol–water partition coefficient (Wildman–Crippen LogP) is 7.44. The van der Waals surface area contributed by atoms with Gasteiger partial charge in [-0.2, -0.15) is 0 Å². The molecule has 1 unspecified atom stereocenters. The van der Waals surface area contributed by atoms with Gasteiger partial charge in [-0.15, -0.1) is 0 Å². The van der Waals surface area contributed by atoms with Gasteiger partial charge in [0, 0.05) is 5.41 Å². The highest BCUT2D eigenvalue weighted by Gasteiger charge is 2.55.